The molecule has 1 aliphatic heterocycles. The minimum absolute atomic E-state index is 0.0192. The molecular weight excluding hydrogens is 296 g/mol. The Morgan fingerprint density at radius 1 is 1.35 bits per heavy atom. The third-order valence-corrected chi connectivity index (χ3v) is 4.59. The summed E-state index contributed by atoms with van der Waals surface area (Å²) in [6, 6.07) is 7.62. The second kappa shape index (κ2) is 7.55. The molecule has 1 aromatic rings. The molecule has 0 aromatic heterocycles. The van der Waals surface area contributed by atoms with Crippen molar-refractivity contribution in [1.82, 2.24) is 10.2 Å². The highest BCUT2D eigenvalue weighted by Gasteiger charge is 2.17. The monoisotopic (exact) mass is 312 g/mol. The maximum atomic E-state index is 12.1. The number of hydrogen-bond acceptors (Lipinski definition) is 3. The molecule has 1 heterocycles. The predicted molar refractivity (Wildman–Crippen MR) is 81.0 cm³/mol. The zero-order chi connectivity index (χ0) is 14.4. The van der Waals surface area contributed by atoms with E-state index < -0.39 is 0 Å². The van der Waals surface area contributed by atoms with E-state index in [9.17, 15) is 9.59 Å². The normalized spacial score (nSPS) is 15.7. The molecule has 1 N–H and O–H groups in total. The quantitative estimate of drug-likeness (QED) is 0.867. The molecule has 0 aliphatic carbocycles. The number of carbonyl (C=O) groups excluding carboxylic acids is 2. The molecule has 20 heavy (non-hydrogen) atoms. The largest absolute Gasteiger partial charge is 0.354 e. The van der Waals surface area contributed by atoms with Crippen LogP contribution in [0.2, 0.25) is 5.02 Å². The summed E-state index contributed by atoms with van der Waals surface area (Å²) in [5.41, 5.74) is 0. The van der Waals surface area contributed by atoms with Crippen molar-refractivity contribution in [2.45, 2.75) is 17.7 Å². The van der Waals surface area contributed by atoms with Gasteiger partial charge in [0, 0.05) is 43.1 Å². The van der Waals surface area contributed by atoms with Gasteiger partial charge in [-0.15, -0.1) is 11.8 Å². The fourth-order valence-electron chi connectivity index (χ4n) is 1.98. The van der Waals surface area contributed by atoms with Gasteiger partial charge in [-0.2, -0.15) is 0 Å². The molecule has 0 atom stereocenters. The number of rotatable bonds is 4. The standard InChI is InChI=1S/C14H17ClN2O2S/c15-11-3-1-2-4-12(11)20-10-6-14(19)17-8-5-13(18)16-7-9-17/h1-4H,5-10H2,(H,16,18). The van der Waals surface area contributed by atoms with Gasteiger partial charge in [0.2, 0.25) is 11.8 Å². The van der Waals surface area contributed by atoms with E-state index in [0.717, 1.165) is 9.92 Å². The lowest BCUT2D eigenvalue weighted by atomic mass is 10.3. The first-order chi connectivity index (χ1) is 9.66. The minimum atomic E-state index is 0.0192. The Morgan fingerprint density at radius 2 is 2.15 bits per heavy atom. The number of halogens is 1. The molecule has 1 saturated heterocycles. The van der Waals surface area contributed by atoms with E-state index in [1.165, 1.54) is 0 Å². The van der Waals surface area contributed by atoms with E-state index in [1.807, 2.05) is 24.3 Å². The number of nitrogens with zero attached hydrogens (tertiary/aromatic N) is 1. The van der Waals surface area contributed by atoms with Crippen molar-refractivity contribution in [2.24, 2.45) is 0 Å². The third-order valence-electron chi connectivity index (χ3n) is 3.08. The summed E-state index contributed by atoms with van der Waals surface area (Å²) in [5, 5.41) is 3.48. The summed E-state index contributed by atoms with van der Waals surface area (Å²) in [5.74, 6) is 0.812. The van der Waals surface area contributed by atoms with Crippen LogP contribution in [0.15, 0.2) is 29.2 Å². The SMILES string of the molecule is O=C1CCN(C(=O)CCSc2ccccc2Cl)CCN1. The van der Waals surface area contributed by atoms with Crippen molar-refractivity contribution in [3.63, 3.8) is 0 Å². The Kier molecular flexibility index (Phi) is 5.73. The maximum Gasteiger partial charge on any atom is 0.223 e. The Bertz CT molecular complexity index is 496. The van der Waals surface area contributed by atoms with Crippen LogP contribution in [0, 0.1) is 0 Å². The summed E-state index contributed by atoms with van der Waals surface area (Å²) >= 11 is 7.65. The highest BCUT2D eigenvalue weighted by atomic mass is 35.5. The van der Waals surface area contributed by atoms with E-state index in [-0.39, 0.29) is 11.8 Å². The average molecular weight is 313 g/mol. The van der Waals surface area contributed by atoms with Gasteiger partial charge in [0.15, 0.2) is 0 Å². The van der Waals surface area contributed by atoms with Crippen LogP contribution in [0.4, 0.5) is 0 Å². The number of benzene rings is 1. The highest BCUT2D eigenvalue weighted by Crippen LogP contribution is 2.27. The number of hydrogen-bond donors (Lipinski definition) is 1. The van der Waals surface area contributed by atoms with Gasteiger partial charge in [0.1, 0.15) is 0 Å². The Balaban J connectivity index is 1.77. The molecule has 1 aromatic carbocycles. The van der Waals surface area contributed by atoms with E-state index in [0.29, 0.717) is 38.2 Å². The fraction of sp³-hybridized carbons (Fsp3) is 0.429. The Hall–Kier alpha value is -1.20. The molecule has 108 valence electrons. The van der Waals surface area contributed by atoms with E-state index in [2.05, 4.69) is 5.32 Å². The lowest BCUT2D eigenvalue weighted by molar-refractivity contribution is -0.130. The van der Waals surface area contributed by atoms with Crippen molar-refractivity contribution >= 4 is 35.2 Å². The van der Waals surface area contributed by atoms with Crippen molar-refractivity contribution in [3.05, 3.63) is 29.3 Å². The number of amides is 2. The van der Waals surface area contributed by atoms with Crippen LogP contribution in [0.25, 0.3) is 0 Å². The van der Waals surface area contributed by atoms with Gasteiger partial charge in [-0.05, 0) is 12.1 Å². The summed E-state index contributed by atoms with van der Waals surface area (Å²) < 4.78 is 0. The molecule has 0 radical (unpaired) electrons. The molecular formula is C14H17ClN2O2S. The molecule has 0 spiro atoms. The van der Waals surface area contributed by atoms with Crippen LogP contribution in [0.3, 0.4) is 0 Å². The molecule has 4 nitrogen and oxygen atoms in total. The molecule has 0 bridgehead atoms. The van der Waals surface area contributed by atoms with Crippen molar-refractivity contribution < 1.29 is 9.59 Å². The minimum Gasteiger partial charge on any atom is -0.354 e. The van der Waals surface area contributed by atoms with Crippen LogP contribution in [-0.4, -0.2) is 42.1 Å². The van der Waals surface area contributed by atoms with Gasteiger partial charge in [-0.1, -0.05) is 23.7 Å². The van der Waals surface area contributed by atoms with Gasteiger partial charge < -0.3 is 10.2 Å². The van der Waals surface area contributed by atoms with E-state index in [1.54, 1.807) is 16.7 Å². The van der Waals surface area contributed by atoms with Crippen LogP contribution in [0.1, 0.15) is 12.8 Å². The predicted octanol–water partition coefficient (Wildman–Crippen LogP) is 2.17. The lowest BCUT2D eigenvalue weighted by Crippen LogP contribution is -2.34. The molecule has 2 amide bonds. The van der Waals surface area contributed by atoms with Gasteiger partial charge in [-0.25, -0.2) is 0 Å². The first kappa shape index (κ1) is 15.2. The van der Waals surface area contributed by atoms with Crippen molar-refractivity contribution in [2.75, 3.05) is 25.4 Å². The van der Waals surface area contributed by atoms with E-state index in [4.69, 9.17) is 11.6 Å². The summed E-state index contributed by atoms with van der Waals surface area (Å²) in [6.07, 6.45) is 0.855. The van der Waals surface area contributed by atoms with Crippen molar-refractivity contribution in [3.8, 4) is 0 Å². The topological polar surface area (TPSA) is 49.4 Å². The van der Waals surface area contributed by atoms with E-state index >= 15 is 0 Å². The molecule has 1 fully saturated rings. The number of nitrogens with one attached hydrogen (secondary N) is 1. The molecule has 6 heteroatoms. The number of carbonyl (C=O) groups is 2. The van der Waals surface area contributed by atoms with Crippen LogP contribution < -0.4 is 5.32 Å². The second-order valence-electron chi connectivity index (χ2n) is 4.51. The fourth-order valence-corrected chi connectivity index (χ4v) is 3.16. The van der Waals surface area contributed by atoms with Crippen LogP contribution in [-0.2, 0) is 9.59 Å². The smallest absolute Gasteiger partial charge is 0.223 e. The summed E-state index contributed by atoms with van der Waals surface area (Å²) in [4.78, 5) is 26.0. The molecule has 0 saturated carbocycles. The summed E-state index contributed by atoms with van der Waals surface area (Å²) in [6.45, 7) is 1.66. The lowest BCUT2D eigenvalue weighted by Gasteiger charge is -2.19. The highest BCUT2D eigenvalue weighted by molar-refractivity contribution is 7.99. The molecule has 1 aliphatic rings. The van der Waals surface area contributed by atoms with Gasteiger partial charge in [0.25, 0.3) is 0 Å². The van der Waals surface area contributed by atoms with Gasteiger partial charge in [0.05, 0.1) is 5.02 Å². The zero-order valence-corrected chi connectivity index (χ0v) is 12.7. The second-order valence-corrected chi connectivity index (χ2v) is 6.05. The first-order valence-corrected chi connectivity index (χ1v) is 7.95. The Labute approximate surface area is 127 Å². The maximum absolute atomic E-state index is 12.1. The zero-order valence-electron chi connectivity index (χ0n) is 11.1. The van der Waals surface area contributed by atoms with Gasteiger partial charge in [-0.3, -0.25) is 9.59 Å². The average Bonchev–Trinajstić information content (AvgIpc) is 2.66. The van der Waals surface area contributed by atoms with Crippen LogP contribution in [0.5, 0.6) is 0 Å². The number of thioether (sulfide) groups is 1. The first-order valence-electron chi connectivity index (χ1n) is 6.58. The molecule has 2 rings (SSSR count). The Morgan fingerprint density at radius 3 is 2.95 bits per heavy atom. The third kappa shape index (κ3) is 4.42. The van der Waals surface area contributed by atoms with Crippen LogP contribution >= 0.6 is 23.4 Å². The van der Waals surface area contributed by atoms with Gasteiger partial charge >= 0.3 is 0 Å². The summed E-state index contributed by atoms with van der Waals surface area (Å²) in [7, 11) is 0. The molecule has 0 unspecified atom stereocenters. The van der Waals surface area contributed by atoms with Crippen molar-refractivity contribution in [1.29, 1.82) is 0 Å².